The fraction of sp³-hybridized carbons (Fsp3) is 0.727. The molecule has 1 N–H and O–H groups in total. The van der Waals surface area contributed by atoms with E-state index in [1.165, 1.54) is 25.1 Å². The first-order chi connectivity index (χ1) is 7.28. The molecule has 0 radical (unpaired) electrons. The van der Waals surface area contributed by atoms with Crippen LogP contribution in [0.25, 0.3) is 0 Å². The highest BCUT2D eigenvalue weighted by atomic mass is 15.2. The van der Waals surface area contributed by atoms with Crippen LogP contribution in [0.4, 0.5) is 0 Å². The topological polar surface area (TPSA) is 33.1 Å². The number of nitrogens with zero attached hydrogens (tertiary/aromatic N) is 3. The van der Waals surface area contributed by atoms with E-state index in [4.69, 9.17) is 0 Å². The van der Waals surface area contributed by atoms with Crippen molar-refractivity contribution in [2.24, 2.45) is 13.0 Å². The van der Waals surface area contributed by atoms with Gasteiger partial charge in [0.05, 0.1) is 6.20 Å². The van der Waals surface area contributed by atoms with Crippen LogP contribution in [0.5, 0.6) is 0 Å². The third kappa shape index (κ3) is 2.79. The number of hydrogen-bond donors (Lipinski definition) is 1. The van der Waals surface area contributed by atoms with Crippen LogP contribution < -0.4 is 5.32 Å². The molecule has 1 aromatic heterocycles. The van der Waals surface area contributed by atoms with Crippen molar-refractivity contribution in [2.45, 2.75) is 13.0 Å². The van der Waals surface area contributed by atoms with Crippen LogP contribution in [0.15, 0.2) is 12.4 Å². The number of aromatic nitrogens is 2. The highest BCUT2D eigenvalue weighted by molar-refractivity contribution is 5.03. The van der Waals surface area contributed by atoms with Gasteiger partial charge in [-0.3, -0.25) is 9.58 Å². The van der Waals surface area contributed by atoms with Crippen LogP contribution in [0, 0.1) is 5.92 Å². The molecular weight excluding hydrogens is 188 g/mol. The number of rotatable bonds is 4. The monoisotopic (exact) mass is 208 g/mol. The van der Waals surface area contributed by atoms with Crippen molar-refractivity contribution in [1.82, 2.24) is 20.0 Å². The Bertz CT molecular complexity index is 307. The average molecular weight is 208 g/mol. The van der Waals surface area contributed by atoms with Crippen LogP contribution in [-0.4, -0.2) is 41.4 Å². The molecule has 0 amide bonds. The van der Waals surface area contributed by atoms with Crippen molar-refractivity contribution in [2.75, 3.05) is 26.7 Å². The lowest BCUT2D eigenvalue weighted by atomic mass is 10.1. The van der Waals surface area contributed by atoms with Gasteiger partial charge in [-0.2, -0.15) is 5.10 Å². The maximum Gasteiger partial charge on any atom is 0.0534 e. The smallest absolute Gasteiger partial charge is 0.0534 e. The van der Waals surface area contributed by atoms with E-state index in [-0.39, 0.29) is 0 Å². The van der Waals surface area contributed by atoms with Crippen LogP contribution in [0.1, 0.15) is 12.0 Å². The summed E-state index contributed by atoms with van der Waals surface area (Å²) in [4.78, 5) is 2.51. The molecule has 0 spiro atoms. The summed E-state index contributed by atoms with van der Waals surface area (Å²) < 4.78 is 1.87. The van der Waals surface area contributed by atoms with Crippen molar-refractivity contribution in [3.63, 3.8) is 0 Å². The molecule has 1 atom stereocenters. The second-order valence-corrected chi connectivity index (χ2v) is 4.47. The number of aryl methyl sites for hydroxylation is 1. The average Bonchev–Trinajstić information content (AvgIpc) is 2.78. The second kappa shape index (κ2) is 4.77. The van der Waals surface area contributed by atoms with Crippen molar-refractivity contribution in [3.8, 4) is 0 Å². The largest absolute Gasteiger partial charge is 0.319 e. The van der Waals surface area contributed by atoms with Crippen molar-refractivity contribution < 1.29 is 0 Å². The molecule has 4 nitrogen and oxygen atoms in total. The first kappa shape index (κ1) is 10.6. The molecule has 1 fully saturated rings. The standard InChI is InChI=1S/C11H20N4/c1-12-5-10-3-4-15(8-10)9-11-6-13-14(2)7-11/h6-7,10,12H,3-5,8-9H2,1-2H3. The van der Waals surface area contributed by atoms with Gasteiger partial charge in [0.1, 0.15) is 0 Å². The zero-order valence-electron chi connectivity index (χ0n) is 9.61. The molecule has 0 aliphatic carbocycles. The van der Waals surface area contributed by atoms with Gasteiger partial charge in [-0.05, 0) is 32.5 Å². The van der Waals surface area contributed by atoms with E-state index < -0.39 is 0 Å². The van der Waals surface area contributed by atoms with Gasteiger partial charge in [-0.25, -0.2) is 0 Å². The molecule has 0 saturated carbocycles. The lowest BCUT2D eigenvalue weighted by Crippen LogP contribution is -2.24. The van der Waals surface area contributed by atoms with E-state index in [0.717, 1.165) is 19.0 Å². The van der Waals surface area contributed by atoms with E-state index in [1.807, 2.05) is 25.0 Å². The summed E-state index contributed by atoms with van der Waals surface area (Å²) in [5, 5.41) is 7.45. The third-order valence-electron chi connectivity index (χ3n) is 3.03. The van der Waals surface area contributed by atoms with E-state index in [0.29, 0.717) is 0 Å². The predicted molar refractivity (Wildman–Crippen MR) is 60.5 cm³/mol. The predicted octanol–water partition coefficient (Wildman–Crippen LogP) is 0.461. The Morgan fingerprint density at radius 1 is 1.60 bits per heavy atom. The molecule has 4 heteroatoms. The molecule has 1 saturated heterocycles. The molecule has 0 aromatic carbocycles. The van der Waals surface area contributed by atoms with Gasteiger partial charge in [-0.15, -0.1) is 0 Å². The fourth-order valence-corrected chi connectivity index (χ4v) is 2.32. The quantitative estimate of drug-likeness (QED) is 0.780. The molecule has 1 unspecified atom stereocenters. The van der Waals surface area contributed by atoms with Crippen LogP contribution in [0.3, 0.4) is 0 Å². The lowest BCUT2D eigenvalue weighted by Gasteiger charge is -2.14. The molecule has 2 heterocycles. The van der Waals surface area contributed by atoms with Crippen molar-refractivity contribution >= 4 is 0 Å². The van der Waals surface area contributed by atoms with Gasteiger partial charge < -0.3 is 5.32 Å². The highest BCUT2D eigenvalue weighted by Crippen LogP contribution is 2.17. The Morgan fingerprint density at radius 2 is 2.47 bits per heavy atom. The summed E-state index contributed by atoms with van der Waals surface area (Å²) in [6, 6.07) is 0. The molecule has 15 heavy (non-hydrogen) atoms. The van der Waals surface area contributed by atoms with Gasteiger partial charge in [0, 0.05) is 31.9 Å². The molecular formula is C11H20N4. The van der Waals surface area contributed by atoms with E-state index >= 15 is 0 Å². The number of hydrogen-bond acceptors (Lipinski definition) is 3. The Hall–Kier alpha value is -0.870. The molecule has 1 aliphatic rings. The molecule has 1 aromatic rings. The minimum Gasteiger partial charge on any atom is -0.319 e. The van der Waals surface area contributed by atoms with E-state index in [9.17, 15) is 0 Å². The lowest BCUT2D eigenvalue weighted by molar-refractivity contribution is 0.315. The first-order valence-electron chi connectivity index (χ1n) is 5.62. The van der Waals surface area contributed by atoms with Crippen molar-refractivity contribution in [3.05, 3.63) is 18.0 Å². The zero-order chi connectivity index (χ0) is 10.7. The summed E-state index contributed by atoms with van der Waals surface area (Å²) in [7, 11) is 4.00. The molecule has 1 aliphatic heterocycles. The van der Waals surface area contributed by atoms with Gasteiger partial charge in [0.15, 0.2) is 0 Å². The molecule has 84 valence electrons. The van der Waals surface area contributed by atoms with Crippen LogP contribution >= 0.6 is 0 Å². The Morgan fingerprint density at radius 3 is 3.13 bits per heavy atom. The number of likely N-dealkylation sites (tertiary alicyclic amines) is 1. The Balaban J connectivity index is 1.82. The highest BCUT2D eigenvalue weighted by Gasteiger charge is 2.21. The van der Waals surface area contributed by atoms with Crippen LogP contribution in [-0.2, 0) is 13.6 Å². The fourth-order valence-electron chi connectivity index (χ4n) is 2.32. The molecule has 0 bridgehead atoms. The normalized spacial score (nSPS) is 22.4. The van der Waals surface area contributed by atoms with Crippen LogP contribution in [0.2, 0.25) is 0 Å². The van der Waals surface area contributed by atoms with Crippen molar-refractivity contribution in [1.29, 1.82) is 0 Å². The number of nitrogens with one attached hydrogen (secondary N) is 1. The minimum absolute atomic E-state index is 0.826. The van der Waals surface area contributed by atoms with Gasteiger partial charge >= 0.3 is 0 Å². The maximum absolute atomic E-state index is 4.19. The molecule has 2 rings (SSSR count). The van der Waals surface area contributed by atoms with Gasteiger partial charge in [0.2, 0.25) is 0 Å². The van der Waals surface area contributed by atoms with E-state index in [1.54, 1.807) is 0 Å². The summed E-state index contributed by atoms with van der Waals surface area (Å²) in [5.41, 5.74) is 1.32. The first-order valence-corrected chi connectivity index (χ1v) is 5.62. The second-order valence-electron chi connectivity index (χ2n) is 4.47. The van der Waals surface area contributed by atoms with E-state index in [2.05, 4.69) is 21.5 Å². The SMILES string of the molecule is CNCC1CCN(Cc2cnn(C)c2)C1. The Kier molecular flexibility index (Phi) is 3.38. The van der Waals surface area contributed by atoms with Gasteiger partial charge in [0.25, 0.3) is 0 Å². The summed E-state index contributed by atoms with van der Waals surface area (Å²) in [6.45, 7) is 4.63. The third-order valence-corrected chi connectivity index (χ3v) is 3.03. The summed E-state index contributed by atoms with van der Waals surface area (Å²) >= 11 is 0. The minimum atomic E-state index is 0.826. The summed E-state index contributed by atoms with van der Waals surface area (Å²) in [5.74, 6) is 0.826. The summed E-state index contributed by atoms with van der Waals surface area (Å²) in [6.07, 6.45) is 5.39. The maximum atomic E-state index is 4.19. The zero-order valence-corrected chi connectivity index (χ0v) is 9.61. The van der Waals surface area contributed by atoms with Gasteiger partial charge in [-0.1, -0.05) is 0 Å². The Labute approximate surface area is 91.3 Å².